The second kappa shape index (κ2) is 6.89. The van der Waals surface area contributed by atoms with Gasteiger partial charge in [0, 0.05) is 11.4 Å². The van der Waals surface area contributed by atoms with Crippen LogP contribution in [0.3, 0.4) is 0 Å². The first-order valence-corrected chi connectivity index (χ1v) is 9.26. The summed E-state index contributed by atoms with van der Waals surface area (Å²) in [5.74, 6) is 0. The van der Waals surface area contributed by atoms with Crippen LogP contribution < -0.4 is 10.5 Å². The Balaban J connectivity index is 2.34. The summed E-state index contributed by atoms with van der Waals surface area (Å²) in [6.07, 6.45) is 0.661. The summed E-state index contributed by atoms with van der Waals surface area (Å²) < 4.78 is 27.8. The molecule has 2 rings (SSSR count). The van der Waals surface area contributed by atoms with Gasteiger partial charge >= 0.3 is 0 Å². The quantitative estimate of drug-likeness (QED) is 0.844. The molecule has 1 unspecified atom stereocenters. The van der Waals surface area contributed by atoms with E-state index in [4.69, 9.17) is 17.3 Å². The highest BCUT2D eigenvalue weighted by Gasteiger charge is 2.23. The number of rotatable bonds is 6. The summed E-state index contributed by atoms with van der Waals surface area (Å²) in [7, 11) is -3.69. The average molecular weight is 345 g/mol. The zero-order chi connectivity index (χ0) is 15.5. The van der Waals surface area contributed by atoms with Crippen molar-refractivity contribution in [1.82, 2.24) is 4.72 Å². The van der Waals surface area contributed by atoms with Gasteiger partial charge in [-0.1, -0.05) is 30.7 Å². The largest absolute Gasteiger partial charge is 0.326 e. The van der Waals surface area contributed by atoms with Crippen molar-refractivity contribution in [2.24, 2.45) is 5.73 Å². The predicted molar refractivity (Wildman–Crippen MR) is 87.0 cm³/mol. The van der Waals surface area contributed by atoms with Crippen LogP contribution in [0.5, 0.6) is 0 Å². The number of hydrogen-bond acceptors (Lipinski definition) is 4. The zero-order valence-corrected chi connectivity index (χ0v) is 13.9. The Bertz CT molecular complexity index is 700. The Morgan fingerprint density at radius 3 is 2.71 bits per heavy atom. The van der Waals surface area contributed by atoms with E-state index in [-0.39, 0.29) is 22.5 Å². The number of hydrogen-bond donors (Lipinski definition) is 2. The molecule has 1 heterocycles. The summed E-state index contributed by atoms with van der Waals surface area (Å²) in [5.41, 5.74) is 6.29. The van der Waals surface area contributed by atoms with Crippen molar-refractivity contribution >= 4 is 33.0 Å². The molecule has 0 aliphatic carbocycles. The molecule has 0 amide bonds. The van der Waals surface area contributed by atoms with E-state index in [2.05, 4.69) is 4.72 Å². The maximum absolute atomic E-state index is 12.6. The second-order valence-corrected chi connectivity index (χ2v) is 7.64. The van der Waals surface area contributed by atoms with Crippen molar-refractivity contribution in [1.29, 1.82) is 0 Å². The third-order valence-corrected chi connectivity index (χ3v) is 6.05. The lowest BCUT2D eigenvalue weighted by Crippen LogP contribution is -2.28. The smallest absolute Gasteiger partial charge is 0.242 e. The van der Waals surface area contributed by atoms with Gasteiger partial charge in [-0.15, -0.1) is 11.3 Å². The van der Waals surface area contributed by atoms with Gasteiger partial charge in [-0.3, -0.25) is 0 Å². The highest BCUT2D eigenvalue weighted by atomic mass is 35.5. The van der Waals surface area contributed by atoms with Gasteiger partial charge in [-0.2, -0.15) is 0 Å². The lowest BCUT2D eigenvalue weighted by atomic mass is 10.2. The molecule has 1 aromatic carbocycles. The van der Waals surface area contributed by atoms with Gasteiger partial charge < -0.3 is 5.73 Å². The van der Waals surface area contributed by atoms with E-state index in [0.717, 1.165) is 10.4 Å². The van der Waals surface area contributed by atoms with Gasteiger partial charge in [0.05, 0.1) is 11.1 Å². The third-order valence-electron chi connectivity index (χ3n) is 3.11. The first-order valence-electron chi connectivity index (χ1n) is 6.52. The molecule has 21 heavy (non-hydrogen) atoms. The van der Waals surface area contributed by atoms with E-state index in [1.54, 1.807) is 12.1 Å². The Kier molecular flexibility index (Phi) is 5.40. The molecule has 0 spiro atoms. The van der Waals surface area contributed by atoms with Crippen LogP contribution in [0.1, 0.15) is 29.8 Å². The monoisotopic (exact) mass is 344 g/mol. The topological polar surface area (TPSA) is 72.2 Å². The van der Waals surface area contributed by atoms with Crippen LogP contribution in [0.2, 0.25) is 5.02 Å². The second-order valence-electron chi connectivity index (χ2n) is 4.57. The zero-order valence-electron chi connectivity index (χ0n) is 11.5. The Morgan fingerprint density at radius 2 is 2.14 bits per heavy atom. The Labute approximate surface area is 134 Å². The number of benzene rings is 1. The van der Waals surface area contributed by atoms with Crippen molar-refractivity contribution in [3.05, 3.63) is 51.2 Å². The van der Waals surface area contributed by atoms with E-state index >= 15 is 0 Å². The summed E-state index contributed by atoms with van der Waals surface area (Å²) >= 11 is 7.56. The van der Waals surface area contributed by atoms with Gasteiger partial charge in [0.15, 0.2) is 0 Å². The van der Waals surface area contributed by atoms with Crippen LogP contribution in [0.25, 0.3) is 0 Å². The number of nitrogens with two attached hydrogens (primary N) is 1. The fraction of sp³-hybridized carbons (Fsp3) is 0.286. The fourth-order valence-corrected chi connectivity index (χ4v) is 4.75. The van der Waals surface area contributed by atoms with E-state index < -0.39 is 10.0 Å². The van der Waals surface area contributed by atoms with Crippen LogP contribution in [-0.2, 0) is 16.6 Å². The first-order chi connectivity index (χ1) is 9.97. The molecule has 0 aliphatic rings. The van der Waals surface area contributed by atoms with Gasteiger partial charge in [0.25, 0.3) is 0 Å². The van der Waals surface area contributed by atoms with Crippen molar-refractivity contribution in [2.75, 3.05) is 0 Å². The molecule has 0 saturated carbocycles. The van der Waals surface area contributed by atoms with Crippen molar-refractivity contribution < 1.29 is 8.42 Å². The van der Waals surface area contributed by atoms with Crippen molar-refractivity contribution in [2.45, 2.75) is 30.8 Å². The van der Waals surface area contributed by atoms with Crippen LogP contribution in [0.15, 0.2) is 40.6 Å². The molecular formula is C14H17ClN2O2S2. The molecular weight excluding hydrogens is 328 g/mol. The molecule has 2 aromatic rings. The average Bonchev–Trinajstić information content (AvgIpc) is 2.99. The minimum Gasteiger partial charge on any atom is -0.326 e. The van der Waals surface area contributed by atoms with Crippen molar-refractivity contribution in [3.8, 4) is 0 Å². The molecule has 4 nitrogen and oxygen atoms in total. The van der Waals surface area contributed by atoms with Gasteiger partial charge in [-0.25, -0.2) is 13.1 Å². The minimum atomic E-state index is -3.69. The van der Waals surface area contributed by atoms with E-state index in [1.807, 2.05) is 24.4 Å². The first kappa shape index (κ1) is 16.5. The molecule has 114 valence electrons. The normalized spacial score (nSPS) is 13.3. The Hall–Kier alpha value is -0.920. The minimum absolute atomic E-state index is 0.0714. The maximum atomic E-state index is 12.6. The standard InChI is InChI=1S/C14H17ClN2O2S2/c1-2-12(13-4-3-7-20-13)17-21(18,19)14-8-10(9-16)5-6-11(14)15/h3-8,12,17H,2,9,16H2,1H3. The van der Waals surface area contributed by atoms with Gasteiger partial charge in [-0.05, 0) is 35.6 Å². The Morgan fingerprint density at radius 1 is 1.38 bits per heavy atom. The van der Waals surface area contributed by atoms with Crippen LogP contribution >= 0.6 is 22.9 Å². The summed E-state index contributed by atoms with van der Waals surface area (Å²) in [6.45, 7) is 2.20. The molecule has 1 aromatic heterocycles. The molecule has 7 heteroatoms. The van der Waals surface area contributed by atoms with Crippen LogP contribution in [-0.4, -0.2) is 8.42 Å². The summed E-state index contributed by atoms with van der Waals surface area (Å²) in [4.78, 5) is 1.05. The number of halogens is 1. The fourth-order valence-electron chi connectivity index (χ4n) is 1.96. The predicted octanol–water partition coefficient (Wildman–Crippen LogP) is 3.29. The van der Waals surface area contributed by atoms with Crippen LogP contribution in [0, 0.1) is 0 Å². The van der Waals surface area contributed by atoms with Gasteiger partial charge in [0.1, 0.15) is 4.90 Å². The summed E-state index contributed by atoms with van der Waals surface area (Å²) in [6, 6.07) is 8.36. The molecule has 0 radical (unpaired) electrons. The van der Waals surface area contributed by atoms with E-state index in [9.17, 15) is 8.42 Å². The molecule has 0 saturated heterocycles. The number of thiophene rings is 1. The van der Waals surface area contributed by atoms with E-state index in [0.29, 0.717) is 6.42 Å². The lowest BCUT2D eigenvalue weighted by molar-refractivity contribution is 0.553. The van der Waals surface area contributed by atoms with Crippen LogP contribution in [0.4, 0.5) is 0 Å². The molecule has 0 fully saturated rings. The number of nitrogens with one attached hydrogen (secondary N) is 1. The molecule has 0 aliphatic heterocycles. The van der Waals surface area contributed by atoms with Gasteiger partial charge in [0.2, 0.25) is 10.0 Å². The van der Waals surface area contributed by atoms with Crippen molar-refractivity contribution in [3.63, 3.8) is 0 Å². The summed E-state index contributed by atoms with van der Waals surface area (Å²) in [5, 5.41) is 2.12. The van der Waals surface area contributed by atoms with E-state index in [1.165, 1.54) is 17.4 Å². The molecule has 1 atom stereocenters. The maximum Gasteiger partial charge on any atom is 0.242 e. The highest BCUT2D eigenvalue weighted by molar-refractivity contribution is 7.89. The highest BCUT2D eigenvalue weighted by Crippen LogP contribution is 2.27. The third kappa shape index (κ3) is 3.84. The molecule has 0 bridgehead atoms. The molecule has 3 N–H and O–H groups in total. The lowest BCUT2D eigenvalue weighted by Gasteiger charge is -2.17. The number of sulfonamides is 1. The SMILES string of the molecule is CCC(NS(=O)(=O)c1cc(CN)ccc1Cl)c1cccs1.